The van der Waals surface area contributed by atoms with Crippen molar-refractivity contribution < 1.29 is 9.53 Å². The fraction of sp³-hybridized carbons (Fsp3) is 0.273. The van der Waals surface area contributed by atoms with Gasteiger partial charge in [-0.2, -0.15) is 0 Å². The van der Waals surface area contributed by atoms with E-state index in [9.17, 15) is 4.79 Å². The maximum absolute atomic E-state index is 11.3. The van der Waals surface area contributed by atoms with Crippen LogP contribution in [0.4, 0.5) is 0 Å². The molecule has 0 saturated carbocycles. The van der Waals surface area contributed by atoms with Crippen LogP contribution in [-0.2, 0) is 4.74 Å². The molecule has 0 heterocycles. The number of hydrogen-bond donors (Lipinski definition) is 0. The molecule has 0 aliphatic rings. The SMILES string of the molecule is [CH2]CCCOC(=O)c1ccccc1. The zero-order valence-electron chi connectivity index (χ0n) is 7.53. The van der Waals surface area contributed by atoms with E-state index in [4.69, 9.17) is 4.74 Å². The minimum absolute atomic E-state index is 0.256. The van der Waals surface area contributed by atoms with E-state index < -0.39 is 0 Å². The normalized spacial score (nSPS) is 9.62. The second-order valence-electron chi connectivity index (χ2n) is 2.71. The van der Waals surface area contributed by atoms with Crippen LogP contribution in [0.2, 0.25) is 0 Å². The highest BCUT2D eigenvalue weighted by Gasteiger charge is 2.03. The molecule has 1 radical (unpaired) electrons. The molecule has 2 heteroatoms. The zero-order chi connectivity index (χ0) is 9.52. The first kappa shape index (κ1) is 9.78. The van der Waals surface area contributed by atoms with Gasteiger partial charge in [-0.05, 0) is 18.6 Å². The molecule has 1 aromatic carbocycles. The van der Waals surface area contributed by atoms with Crippen molar-refractivity contribution in [1.82, 2.24) is 0 Å². The van der Waals surface area contributed by atoms with Crippen LogP contribution in [0, 0.1) is 6.92 Å². The van der Waals surface area contributed by atoms with Crippen molar-refractivity contribution in [2.24, 2.45) is 0 Å². The predicted octanol–water partition coefficient (Wildman–Crippen LogP) is 2.46. The molecule has 0 unspecified atom stereocenters. The van der Waals surface area contributed by atoms with Gasteiger partial charge >= 0.3 is 5.97 Å². The van der Waals surface area contributed by atoms with E-state index >= 15 is 0 Å². The maximum atomic E-state index is 11.3. The minimum atomic E-state index is -0.256. The highest BCUT2D eigenvalue weighted by atomic mass is 16.5. The molecule has 13 heavy (non-hydrogen) atoms. The van der Waals surface area contributed by atoms with E-state index in [2.05, 4.69) is 6.92 Å². The molecule has 1 rings (SSSR count). The van der Waals surface area contributed by atoms with Crippen LogP contribution in [0.1, 0.15) is 23.2 Å². The van der Waals surface area contributed by atoms with Gasteiger partial charge in [-0.25, -0.2) is 4.79 Å². The topological polar surface area (TPSA) is 26.3 Å². The van der Waals surface area contributed by atoms with E-state index in [0.29, 0.717) is 12.2 Å². The van der Waals surface area contributed by atoms with Crippen molar-refractivity contribution in [2.75, 3.05) is 6.61 Å². The molecule has 0 aromatic heterocycles. The van der Waals surface area contributed by atoms with E-state index in [1.807, 2.05) is 18.2 Å². The first-order valence-corrected chi connectivity index (χ1v) is 4.36. The van der Waals surface area contributed by atoms with Gasteiger partial charge in [-0.3, -0.25) is 0 Å². The third kappa shape index (κ3) is 3.28. The average molecular weight is 177 g/mol. The zero-order valence-corrected chi connectivity index (χ0v) is 7.53. The summed E-state index contributed by atoms with van der Waals surface area (Å²) in [5.41, 5.74) is 0.603. The van der Waals surface area contributed by atoms with Gasteiger partial charge in [0.25, 0.3) is 0 Å². The molecule has 0 atom stereocenters. The number of benzene rings is 1. The monoisotopic (exact) mass is 177 g/mol. The molecule has 2 nitrogen and oxygen atoms in total. The molecular formula is C11H13O2. The van der Waals surface area contributed by atoms with Gasteiger partial charge in [0.2, 0.25) is 0 Å². The summed E-state index contributed by atoms with van der Waals surface area (Å²) in [6.45, 7) is 4.12. The predicted molar refractivity (Wildman–Crippen MR) is 51.3 cm³/mol. The Balaban J connectivity index is 2.40. The second-order valence-corrected chi connectivity index (χ2v) is 2.71. The maximum Gasteiger partial charge on any atom is 0.338 e. The third-order valence-electron chi connectivity index (χ3n) is 1.64. The number of carbonyl (C=O) groups is 1. The van der Waals surface area contributed by atoms with E-state index in [0.717, 1.165) is 12.8 Å². The standard InChI is InChI=1S/C11H13O2/c1-2-3-9-13-11(12)10-7-5-4-6-8-10/h4-8H,1-3,9H2. The highest BCUT2D eigenvalue weighted by molar-refractivity contribution is 5.89. The van der Waals surface area contributed by atoms with Gasteiger partial charge in [0.05, 0.1) is 12.2 Å². The van der Waals surface area contributed by atoms with Crippen molar-refractivity contribution in [3.05, 3.63) is 42.8 Å². The number of carbonyl (C=O) groups excluding carboxylic acids is 1. The lowest BCUT2D eigenvalue weighted by Gasteiger charge is -2.02. The Morgan fingerprint density at radius 1 is 1.31 bits per heavy atom. The van der Waals surface area contributed by atoms with Gasteiger partial charge in [0.15, 0.2) is 0 Å². The largest absolute Gasteiger partial charge is 0.462 e. The quantitative estimate of drug-likeness (QED) is 0.521. The molecule has 0 bridgehead atoms. The average Bonchev–Trinajstić information content (AvgIpc) is 2.19. The molecule has 0 N–H and O–H groups in total. The molecular weight excluding hydrogens is 164 g/mol. The van der Waals surface area contributed by atoms with Gasteiger partial charge in [-0.15, -0.1) is 0 Å². The lowest BCUT2D eigenvalue weighted by molar-refractivity contribution is 0.0501. The number of ether oxygens (including phenoxy) is 1. The Bertz CT molecular complexity index is 254. The van der Waals surface area contributed by atoms with Crippen LogP contribution in [0.3, 0.4) is 0 Å². The van der Waals surface area contributed by atoms with E-state index in [1.54, 1.807) is 12.1 Å². The number of rotatable bonds is 4. The minimum Gasteiger partial charge on any atom is -0.462 e. The summed E-state index contributed by atoms with van der Waals surface area (Å²) in [5.74, 6) is -0.256. The Labute approximate surface area is 78.5 Å². The second kappa shape index (κ2) is 5.36. The van der Waals surface area contributed by atoms with Crippen molar-refractivity contribution in [3.63, 3.8) is 0 Å². The molecule has 0 aliphatic carbocycles. The Morgan fingerprint density at radius 3 is 2.62 bits per heavy atom. The Kier molecular flexibility index (Phi) is 4.03. The van der Waals surface area contributed by atoms with Crippen LogP contribution in [-0.4, -0.2) is 12.6 Å². The van der Waals surface area contributed by atoms with Crippen molar-refractivity contribution in [2.45, 2.75) is 12.8 Å². The lowest BCUT2D eigenvalue weighted by atomic mass is 10.2. The molecule has 0 aliphatic heterocycles. The lowest BCUT2D eigenvalue weighted by Crippen LogP contribution is -2.05. The summed E-state index contributed by atoms with van der Waals surface area (Å²) in [7, 11) is 0. The van der Waals surface area contributed by atoms with Gasteiger partial charge in [-0.1, -0.05) is 31.5 Å². The number of unbranched alkanes of at least 4 members (excludes halogenated alkanes) is 1. The highest BCUT2D eigenvalue weighted by Crippen LogP contribution is 2.01. The molecule has 0 amide bonds. The summed E-state index contributed by atoms with van der Waals surface area (Å²) < 4.78 is 4.99. The van der Waals surface area contributed by atoms with E-state index in [-0.39, 0.29) is 5.97 Å². The van der Waals surface area contributed by atoms with Gasteiger partial charge in [0.1, 0.15) is 0 Å². The van der Waals surface area contributed by atoms with Gasteiger partial charge in [0, 0.05) is 0 Å². The fourth-order valence-electron chi connectivity index (χ4n) is 0.924. The Morgan fingerprint density at radius 2 is 2.00 bits per heavy atom. The van der Waals surface area contributed by atoms with Crippen LogP contribution >= 0.6 is 0 Å². The van der Waals surface area contributed by atoms with Gasteiger partial charge < -0.3 is 4.74 Å². The number of hydrogen-bond acceptors (Lipinski definition) is 2. The van der Waals surface area contributed by atoms with Crippen LogP contribution in [0.25, 0.3) is 0 Å². The van der Waals surface area contributed by atoms with E-state index in [1.165, 1.54) is 0 Å². The summed E-state index contributed by atoms with van der Waals surface area (Å²) in [4.78, 5) is 11.3. The smallest absolute Gasteiger partial charge is 0.338 e. The first-order chi connectivity index (χ1) is 6.34. The first-order valence-electron chi connectivity index (χ1n) is 4.36. The summed E-state index contributed by atoms with van der Waals surface area (Å²) >= 11 is 0. The molecule has 0 fully saturated rings. The molecule has 0 saturated heterocycles. The van der Waals surface area contributed by atoms with Crippen LogP contribution in [0.15, 0.2) is 30.3 Å². The third-order valence-corrected chi connectivity index (χ3v) is 1.64. The molecule has 1 aromatic rings. The van der Waals surface area contributed by atoms with Crippen LogP contribution in [0.5, 0.6) is 0 Å². The summed E-state index contributed by atoms with van der Waals surface area (Å²) in [5, 5.41) is 0. The Hall–Kier alpha value is -1.31. The van der Waals surface area contributed by atoms with Crippen molar-refractivity contribution in [3.8, 4) is 0 Å². The number of esters is 1. The van der Waals surface area contributed by atoms with Crippen LogP contribution < -0.4 is 0 Å². The van der Waals surface area contributed by atoms with Crippen molar-refractivity contribution in [1.29, 1.82) is 0 Å². The van der Waals surface area contributed by atoms with Crippen molar-refractivity contribution >= 4 is 5.97 Å². The fourth-order valence-corrected chi connectivity index (χ4v) is 0.924. The summed E-state index contributed by atoms with van der Waals surface area (Å²) in [6.07, 6.45) is 1.61. The molecule has 0 spiro atoms. The molecule has 69 valence electrons. The summed E-state index contributed by atoms with van der Waals surface area (Å²) in [6, 6.07) is 8.99.